The summed E-state index contributed by atoms with van der Waals surface area (Å²) >= 11 is 0. The van der Waals surface area contributed by atoms with Gasteiger partial charge in [-0.2, -0.15) is 0 Å². The molecule has 0 unspecified atom stereocenters. The summed E-state index contributed by atoms with van der Waals surface area (Å²) in [5.41, 5.74) is 3.16. The van der Waals surface area contributed by atoms with Crippen LogP contribution in [-0.2, 0) is 6.42 Å². The lowest BCUT2D eigenvalue weighted by Crippen LogP contribution is -2.43. The third-order valence-electron chi connectivity index (χ3n) is 4.47. The summed E-state index contributed by atoms with van der Waals surface area (Å²) < 4.78 is 6.34. The van der Waals surface area contributed by atoms with E-state index in [0.29, 0.717) is 6.42 Å². The Morgan fingerprint density at radius 2 is 1.79 bits per heavy atom. The maximum absolute atomic E-state index is 11.8. The van der Waals surface area contributed by atoms with Crippen molar-refractivity contribution in [1.82, 2.24) is 0 Å². The molecule has 0 amide bonds. The van der Waals surface area contributed by atoms with E-state index in [1.165, 1.54) is 5.56 Å². The second-order valence-corrected chi connectivity index (χ2v) is 11.8. The Morgan fingerprint density at radius 3 is 2.37 bits per heavy atom. The van der Waals surface area contributed by atoms with E-state index in [0.717, 1.165) is 23.3 Å². The molecule has 1 aliphatic rings. The van der Waals surface area contributed by atoms with Gasteiger partial charge in [-0.3, -0.25) is 4.79 Å². The molecule has 1 aliphatic carbocycles. The zero-order valence-corrected chi connectivity index (χ0v) is 13.9. The number of rotatable bonds is 2. The molecule has 2 rings (SSSR count). The molecule has 2 nitrogen and oxygen atoms in total. The molecule has 0 saturated carbocycles. The highest BCUT2D eigenvalue weighted by atomic mass is 28.4. The lowest BCUT2D eigenvalue weighted by molar-refractivity contribution is 0.0994. The van der Waals surface area contributed by atoms with Gasteiger partial charge in [-0.25, -0.2) is 0 Å². The topological polar surface area (TPSA) is 26.3 Å². The SMILES string of the molecule is Cc1cc(O[Si](C)(C)C(C)(C)C)cc2c1C(=O)CC2. The first-order valence-electron chi connectivity index (χ1n) is 6.97. The molecular formula is C16H24O2Si. The van der Waals surface area contributed by atoms with E-state index in [9.17, 15) is 4.79 Å². The number of carbonyl (C=O) groups excluding carboxylic acids is 1. The van der Waals surface area contributed by atoms with Gasteiger partial charge >= 0.3 is 0 Å². The first-order valence-corrected chi connectivity index (χ1v) is 9.88. The molecule has 1 aromatic carbocycles. The monoisotopic (exact) mass is 276 g/mol. The molecule has 19 heavy (non-hydrogen) atoms. The summed E-state index contributed by atoms with van der Waals surface area (Å²) in [5.74, 6) is 1.23. The van der Waals surface area contributed by atoms with Gasteiger partial charge in [0.25, 0.3) is 0 Å². The van der Waals surface area contributed by atoms with E-state index in [1.54, 1.807) is 0 Å². The fourth-order valence-corrected chi connectivity index (χ4v) is 3.31. The van der Waals surface area contributed by atoms with Crippen molar-refractivity contribution in [2.24, 2.45) is 0 Å². The molecule has 0 aromatic heterocycles. The maximum Gasteiger partial charge on any atom is 0.250 e. The van der Waals surface area contributed by atoms with Crippen molar-refractivity contribution in [3.63, 3.8) is 0 Å². The van der Waals surface area contributed by atoms with Gasteiger partial charge in [0.15, 0.2) is 5.78 Å². The molecule has 0 aliphatic heterocycles. The summed E-state index contributed by atoms with van der Waals surface area (Å²) in [6.07, 6.45) is 1.52. The van der Waals surface area contributed by atoms with Gasteiger partial charge < -0.3 is 4.43 Å². The van der Waals surface area contributed by atoms with E-state index in [2.05, 4.69) is 39.9 Å². The van der Waals surface area contributed by atoms with Crippen LogP contribution in [0.4, 0.5) is 0 Å². The molecule has 0 bridgehead atoms. The molecule has 0 N–H and O–H groups in total. The van der Waals surface area contributed by atoms with Gasteiger partial charge in [-0.1, -0.05) is 20.8 Å². The normalized spacial score (nSPS) is 15.6. The number of carbonyl (C=O) groups is 1. The average molecular weight is 276 g/mol. The fourth-order valence-electron chi connectivity index (χ4n) is 2.30. The van der Waals surface area contributed by atoms with E-state index in [4.69, 9.17) is 4.43 Å². The first-order chi connectivity index (χ1) is 8.62. The fraction of sp³-hybridized carbons (Fsp3) is 0.562. The van der Waals surface area contributed by atoms with Crippen molar-refractivity contribution >= 4 is 14.1 Å². The Hall–Kier alpha value is -1.09. The van der Waals surface area contributed by atoms with Crippen molar-refractivity contribution in [2.45, 2.75) is 58.7 Å². The number of aryl methyl sites for hydroxylation is 2. The predicted molar refractivity (Wildman–Crippen MR) is 81.7 cm³/mol. The highest BCUT2D eigenvalue weighted by molar-refractivity contribution is 6.74. The highest BCUT2D eigenvalue weighted by Gasteiger charge is 2.39. The largest absolute Gasteiger partial charge is 0.543 e. The highest BCUT2D eigenvalue weighted by Crippen LogP contribution is 2.38. The van der Waals surface area contributed by atoms with Crippen LogP contribution in [0.25, 0.3) is 0 Å². The molecule has 1 aromatic rings. The van der Waals surface area contributed by atoms with E-state index in [-0.39, 0.29) is 10.8 Å². The summed E-state index contributed by atoms with van der Waals surface area (Å²) in [7, 11) is -1.80. The second-order valence-electron chi connectivity index (χ2n) is 7.06. The Morgan fingerprint density at radius 1 is 1.16 bits per heavy atom. The van der Waals surface area contributed by atoms with Gasteiger partial charge in [-0.05, 0) is 54.7 Å². The van der Waals surface area contributed by atoms with Crippen LogP contribution in [0, 0.1) is 6.92 Å². The number of Topliss-reactive ketones (excluding diaryl/α,β-unsaturated/α-hetero) is 1. The maximum atomic E-state index is 11.8. The zero-order valence-electron chi connectivity index (χ0n) is 12.9. The van der Waals surface area contributed by atoms with Crippen LogP contribution in [0.1, 0.15) is 48.7 Å². The Bertz CT molecular complexity index is 524. The smallest absolute Gasteiger partial charge is 0.250 e. The summed E-state index contributed by atoms with van der Waals surface area (Å²) in [6, 6.07) is 4.11. The number of fused-ring (bicyclic) bond motifs is 1. The van der Waals surface area contributed by atoms with Gasteiger partial charge in [0, 0.05) is 12.0 Å². The Kier molecular flexibility index (Phi) is 3.38. The molecule has 0 heterocycles. The minimum absolute atomic E-state index is 0.190. The molecule has 0 radical (unpaired) electrons. The molecule has 0 fully saturated rings. The lowest BCUT2D eigenvalue weighted by atomic mass is 10.0. The molecule has 3 heteroatoms. The third-order valence-corrected chi connectivity index (χ3v) is 8.83. The molecule has 0 spiro atoms. The predicted octanol–water partition coefficient (Wildman–Crippen LogP) is 4.51. The minimum Gasteiger partial charge on any atom is -0.543 e. The number of benzene rings is 1. The van der Waals surface area contributed by atoms with Crippen molar-refractivity contribution in [3.05, 3.63) is 28.8 Å². The second kappa shape index (κ2) is 4.48. The van der Waals surface area contributed by atoms with Crippen molar-refractivity contribution in [2.75, 3.05) is 0 Å². The van der Waals surface area contributed by atoms with Crippen LogP contribution in [0.3, 0.4) is 0 Å². The number of hydrogen-bond acceptors (Lipinski definition) is 2. The molecule has 104 valence electrons. The van der Waals surface area contributed by atoms with Crippen LogP contribution in [0.5, 0.6) is 5.75 Å². The zero-order chi connectivity index (χ0) is 14.4. The Balaban J connectivity index is 2.34. The standard InChI is InChI=1S/C16H24O2Si/c1-11-9-13(18-19(5,6)16(2,3)4)10-12-7-8-14(17)15(11)12/h9-10H,7-8H2,1-6H3. The van der Waals surface area contributed by atoms with E-state index >= 15 is 0 Å². The Labute approximate surface area is 117 Å². The summed E-state index contributed by atoms with van der Waals surface area (Å²) in [4.78, 5) is 11.8. The van der Waals surface area contributed by atoms with Gasteiger partial charge in [-0.15, -0.1) is 0 Å². The number of hydrogen-bond donors (Lipinski definition) is 0. The van der Waals surface area contributed by atoms with Gasteiger partial charge in [0.05, 0.1) is 0 Å². The first kappa shape index (κ1) is 14.3. The van der Waals surface area contributed by atoms with Crippen molar-refractivity contribution in [1.29, 1.82) is 0 Å². The van der Waals surface area contributed by atoms with Crippen molar-refractivity contribution in [3.8, 4) is 5.75 Å². The lowest BCUT2D eigenvalue weighted by Gasteiger charge is -2.36. The quantitative estimate of drug-likeness (QED) is 0.743. The molecule has 0 saturated heterocycles. The van der Waals surface area contributed by atoms with Gasteiger partial charge in [0.2, 0.25) is 8.32 Å². The average Bonchev–Trinajstić information content (AvgIpc) is 2.58. The summed E-state index contributed by atoms with van der Waals surface area (Å²) in [6.45, 7) is 13.2. The molecular weight excluding hydrogens is 252 g/mol. The number of ketones is 1. The van der Waals surface area contributed by atoms with Crippen LogP contribution in [0.15, 0.2) is 12.1 Å². The van der Waals surface area contributed by atoms with E-state index in [1.807, 2.05) is 13.0 Å². The van der Waals surface area contributed by atoms with Gasteiger partial charge in [0.1, 0.15) is 5.75 Å². The van der Waals surface area contributed by atoms with Crippen LogP contribution in [0.2, 0.25) is 18.1 Å². The van der Waals surface area contributed by atoms with Crippen LogP contribution in [-0.4, -0.2) is 14.1 Å². The third kappa shape index (κ3) is 2.61. The summed E-state index contributed by atoms with van der Waals surface area (Å²) in [5, 5.41) is 0.190. The van der Waals surface area contributed by atoms with Crippen molar-refractivity contribution < 1.29 is 9.22 Å². The van der Waals surface area contributed by atoms with Crippen LogP contribution < -0.4 is 4.43 Å². The van der Waals surface area contributed by atoms with E-state index < -0.39 is 8.32 Å². The van der Waals surface area contributed by atoms with Crippen LogP contribution >= 0.6 is 0 Å². The molecule has 0 atom stereocenters. The minimum atomic E-state index is -1.80.